The molecular formula is C21H18IN3O. The van der Waals surface area contributed by atoms with Crippen LogP contribution in [0.1, 0.15) is 19.5 Å². The zero-order valence-electron chi connectivity index (χ0n) is 14.8. The fraction of sp³-hybridized carbons (Fsp3) is 0.238. The average molecular weight is 455 g/mol. The molecule has 5 rings (SSSR count). The molecule has 0 saturated heterocycles. The van der Waals surface area contributed by atoms with Crippen LogP contribution in [0.4, 0.5) is 11.4 Å². The van der Waals surface area contributed by atoms with Gasteiger partial charge in [0, 0.05) is 22.2 Å². The molecule has 0 aliphatic carbocycles. The molecular weight excluding hydrogens is 437 g/mol. The molecule has 130 valence electrons. The molecule has 0 radical (unpaired) electrons. The van der Waals surface area contributed by atoms with Crippen molar-refractivity contribution in [3.63, 3.8) is 0 Å². The minimum atomic E-state index is -0.688. The fourth-order valence-electron chi connectivity index (χ4n) is 4.18. The molecule has 3 heterocycles. The van der Waals surface area contributed by atoms with Crippen molar-refractivity contribution in [2.24, 2.45) is 4.99 Å². The zero-order chi connectivity index (χ0) is 18.1. The summed E-state index contributed by atoms with van der Waals surface area (Å²) in [6.45, 7) is 4.34. The Kier molecular flexibility index (Phi) is 3.20. The molecule has 0 bridgehead atoms. The minimum absolute atomic E-state index is 0.334. The standard InChI is InChI=1S/C21H18IN3O/c1-20(2)19-16(5-4-10-23-19)25(3)21(20)12-24-18-15-11-14(22)8-6-13(15)7-9-17(18)26-21/h4-12H,1-3H3. The van der Waals surface area contributed by atoms with Gasteiger partial charge in [0.15, 0.2) is 0 Å². The van der Waals surface area contributed by atoms with E-state index in [0.717, 1.165) is 28.2 Å². The highest BCUT2D eigenvalue weighted by Crippen LogP contribution is 2.53. The van der Waals surface area contributed by atoms with Crippen molar-refractivity contribution in [1.82, 2.24) is 4.98 Å². The Morgan fingerprint density at radius 3 is 2.73 bits per heavy atom. The fourth-order valence-corrected chi connectivity index (χ4v) is 4.67. The third kappa shape index (κ3) is 1.89. The van der Waals surface area contributed by atoms with Gasteiger partial charge in [0.25, 0.3) is 0 Å². The molecule has 1 unspecified atom stereocenters. The maximum Gasteiger partial charge on any atom is 0.230 e. The van der Waals surface area contributed by atoms with Crippen LogP contribution in [0.15, 0.2) is 53.7 Å². The van der Waals surface area contributed by atoms with Crippen LogP contribution in [0.2, 0.25) is 0 Å². The van der Waals surface area contributed by atoms with Crippen molar-refractivity contribution in [2.45, 2.75) is 25.0 Å². The highest BCUT2D eigenvalue weighted by molar-refractivity contribution is 14.1. The van der Waals surface area contributed by atoms with Crippen molar-refractivity contribution < 1.29 is 4.74 Å². The number of pyridine rings is 1. The van der Waals surface area contributed by atoms with Gasteiger partial charge in [0.05, 0.1) is 23.0 Å². The highest BCUT2D eigenvalue weighted by atomic mass is 127. The predicted octanol–water partition coefficient (Wildman–Crippen LogP) is 5.06. The van der Waals surface area contributed by atoms with Crippen LogP contribution in [0.5, 0.6) is 5.75 Å². The van der Waals surface area contributed by atoms with E-state index in [1.165, 1.54) is 8.96 Å². The van der Waals surface area contributed by atoms with E-state index in [1.54, 1.807) is 0 Å². The van der Waals surface area contributed by atoms with E-state index in [1.807, 2.05) is 24.5 Å². The molecule has 0 N–H and O–H groups in total. The smallest absolute Gasteiger partial charge is 0.230 e. The Bertz CT molecular complexity index is 1090. The number of hydrogen-bond donors (Lipinski definition) is 0. The summed E-state index contributed by atoms with van der Waals surface area (Å²) in [5, 5.41) is 2.29. The topological polar surface area (TPSA) is 37.7 Å². The monoisotopic (exact) mass is 455 g/mol. The van der Waals surface area contributed by atoms with Crippen molar-refractivity contribution in [2.75, 3.05) is 11.9 Å². The Balaban J connectivity index is 1.72. The van der Waals surface area contributed by atoms with E-state index in [4.69, 9.17) is 9.73 Å². The third-order valence-electron chi connectivity index (χ3n) is 5.69. The number of aliphatic imine (C=N–C) groups is 1. The van der Waals surface area contributed by atoms with Crippen molar-refractivity contribution >= 4 is 51.0 Å². The lowest BCUT2D eigenvalue weighted by Gasteiger charge is -2.44. The molecule has 2 aliphatic rings. The maximum absolute atomic E-state index is 6.67. The summed E-state index contributed by atoms with van der Waals surface area (Å²) < 4.78 is 7.86. The highest BCUT2D eigenvalue weighted by Gasteiger charge is 2.59. The lowest BCUT2D eigenvalue weighted by Crippen LogP contribution is -2.61. The number of likely N-dealkylation sites (N-methyl/N-ethyl adjacent to an activating group) is 1. The minimum Gasteiger partial charge on any atom is -0.459 e. The Morgan fingerprint density at radius 2 is 1.92 bits per heavy atom. The summed E-state index contributed by atoms with van der Waals surface area (Å²) in [6.07, 6.45) is 3.80. The second-order valence-electron chi connectivity index (χ2n) is 7.39. The van der Waals surface area contributed by atoms with Gasteiger partial charge in [0.1, 0.15) is 11.4 Å². The summed E-state index contributed by atoms with van der Waals surface area (Å²) in [5.74, 6) is 0.815. The first-order valence-corrected chi connectivity index (χ1v) is 9.68. The molecule has 0 amide bonds. The molecule has 1 spiro atoms. The van der Waals surface area contributed by atoms with Crippen LogP contribution in [-0.2, 0) is 5.41 Å². The number of benzene rings is 2. The summed E-state index contributed by atoms with van der Waals surface area (Å²) in [7, 11) is 2.05. The van der Waals surface area contributed by atoms with Gasteiger partial charge < -0.3 is 9.64 Å². The summed E-state index contributed by atoms with van der Waals surface area (Å²) in [6, 6.07) is 14.6. The predicted molar refractivity (Wildman–Crippen MR) is 114 cm³/mol. The first-order valence-electron chi connectivity index (χ1n) is 8.60. The Labute approximate surface area is 166 Å². The molecule has 0 saturated carbocycles. The molecule has 5 heteroatoms. The van der Waals surface area contributed by atoms with Crippen LogP contribution in [-0.4, -0.2) is 24.0 Å². The molecule has 1 aromatic heterocycles. The molecule has 4 nitrogen and oxygen atoms in total. The number of fused-ring (bicyclic) bond motifs is 4. The number of ether oxygens (including phenoxy) is 1. The number of hydrogen-bond acceptors (Lipinski definition) is 4. The van der Waals surface area contributed by atoms with Crippen LogP contribution < -0.4 is 9.64 Å². The first kappa shape index (κ1) is 16.1. The van der Waals surface area contributed by atoms with E-state index in [2.05, 4.69) is 83.7 Å². The maximum atomic E-state index is 6.67. The van der Waals surface area contributed by atoms with E-state index in [-0.39, 0.29) is 5.41 Å². The first-order chi connectivity index (χ1) is 12.4. The van der Waals surface area contributed by atoms with Gasteiger partial charge in [-0.1, -0.05) is 12.1 Å². The quantitative estimate of drug-likeness (QED) is 0.445. The molecule has 2 aromatic carbocycles. The third-order valence-corrected chi connectivity index (χ3v) is 6.36. The summed E-state index contributed by atoms with van der Waals surface area (Å²) in [4.78, 5) is 11.7. The van der Waals surface area contributed by atoms with Crippen molar-refractivity contribution in [3.8, 4) is 5.75 Å². The lowest BCUT2D eigenvalue weighted by atomic mass is 9.80. The van der Waals surface area contributed by atoms with Gasteiger partial charge in [-0.25, -0.2) is 0 Å². The number of halogens is 1. The van der Waals surface area contributed by atoms with Gasteiger partial charge in [-0.15, -0.1) is 0 Å². The molecule has 3 aromatic rings. The molecule has 26 heavy (non-hydrogen) atoms. The van der Waals surface area contributed by atoms with Gasteiger partial charge >= 0.3 is 0 Å². The van der Waals surface area contributed by atoms with Gasteiger partial charge in [-0.2, -0.15) is 0 Å². The van der Waals surface area contributed by atoms with Gasteiger partial charge in [-0.05, 0) is 72.2 Å². The SMILES string of the molecule is CN1c2cccnc2C(C)(C)C12C=Nc1c(ccc3ccc(I)cc13)O2. The number of aromatic nitrogens is 1. The normalized spacial score (nSPS) is 22.4. The number of nitrogens with zero attached hydrogens (tertiary/aromatic N) is 3. The van der Waals surface area contributed by atoms with Crippen molar-refractivity contribution in [1.29, 1.82) is 0 Å². The Hall–Kier alpha value is -2.15. The van der Waals surface area contributed by atoms with E-state index in [0.29, 0.717) is 0 Å². The van der Waals surface area contributed by atoms with Crippen LogP contribution in [0, 0.1) is 3.57 Å². The van der Waals surface area contributed by atoms with Crippen LogP contribution >= 0.6 is 22.6 Å². The second-order valence-corrected chi connectivity index (χ2v) is 8.64. The number of anilines is 1. The summed E-state index contributed by atoms with van der Waals surface area (Å²) >= 11 is 2.33. The van der Waals surface area contributed by atoms with E-state index >= 15 is 0 Å². The van der Waals surface area contributed by atoms with E-state index in [9.17, 15) is 0 Å². The molecule has 1 atom stereocenters. The summed E-state index contributed by atoms with van der Waals surface area (Å²) in [5.41, 5.74) is 2.00. The van der Waals surface area contributed by atoms with Crippen molar-refractivity contribution in [3.05, 3.63) is 57.9 Å². The molecule has 2 aliphatic heterocycles. The van der Waals surface area contributed by atoms with Gasteiger partial charge in [-0.3, -0.25) is 9.98 Å². The van der Waals surface area contributed by atoms with Gasteiger partial charge in [0.2, 0.25) is 5.72 Å². The van der Waals surface area contributed by atoms with Crippen LogP contribution in [0.3, 0.4) is 0 Å². The van der Waals surface area contributed by atoms with E-state index < -0.39 is 5.72 Å². The largest absolute Gasteiger partial charge is 0.459 e. The number of rotatable bonds is 0. The Morgan fingerprint density at radius 1 is 1.12 bits per heavy atom. The second kappa shape index (κ2) is 5.19. The average Bonchev–Trinajstić information content (AvgIpc) is 2.80. The zero-order valence-corrected chi connectivity index (χ0v) is 17.0. The lowest BCUT2D eigenvalue weighted by molar-refractivity contribution is 0.0811. The van der Waals surface area contributed by atoms with Crippen LogP contribution in [0.25, 0.3) is 10.8 Å². The molecule has 0 fully saturated rings.